The number of benzene rings is 1. The zero-order valence-corrected chi connectivity index (χ0v) is 9.31. The van der Waals surface area contributed by atoms with Crippen LogP contribution in [-0.2, 0) is 6.54 Å². The van der Waals surface area contributed by atoms with Crippen molar-refractivity contribution in [2.75, 3.05) is 11.1 Å². The van der Waals surface area contributed by atoms with E-state index in [0.717, 1.165) is 11.6 Å². The highest BCUT2D eigenvalue weighted by Gasteiger charge is 2.17. The molecule has 0 spiro atoms. The molecule has 4 N–H and O–H groups in total. The normalized spacial score (nSPS) is 10.3. The molecule has 2 rings (SSSR count). The number of carbonyl (C=O) groups is 1. The second kappa shape index (κ2) is 4.79. The zero-order valence-electron chi connectivity index (χ0n) is 9.31. The summed E-state index contributed by atoms with van der Waals surface area (Å²) in [5.41, 5.74) is 5.89. The van der Waals surface area contributed by atoms with Crippen molar-refractivity contribution in [1.29, 1.82) is 0 Å². The Morgan fingerprint density at radius 1 is 1.44 bits per heavy atom. The maximum Gasteiger partial charge on any atom is 0.340 e. The summed E-state index contributed by atoms with van der Waals surface area (Å²) in [6.07, 6.45) is 3.04. The molecule has 6 heteroatoms. The first kappa shape index (κ1) is 12.0. The average Bonchev–Trinajstić information content (AvgIpc) is 2.83. The van der Waals surface area contributed by atoms with Crippen LogP contribution in [0, 0.1) is 5.82 Å². The molecule has 18 heavy (non-hydrogen) atoms. The van der Waals surface area contributed by atoms with Crippen LogP contribution in [0.25, 0.3) is 0 Å². The van der Waals surface area contributed by atoms with E-state index in [2.05, 4.69) is 5.32 Å². The van der Waals surface area contributed by atoms with Gasteiger partial charge in [-0.05, 0) is 18.2 Å². The number of carboxylic acids is 1. The molecule has 1 heterocycles. The fourth-order valence-corrected chi connectivity index (χ4v) is 1.56. The van der Waals surface area contributed by atoms with E-state index >= 15 is 0 Å². The van der Waals surface area contributed by atoms with Gasteiger partial charge in [-0.25, -0.2) is 9.18 Å². The second-order valence-corrected chi connectivity index (χ2v) is 3.67. The van der Waals surface area contributed by atoms with Gasteiger partial charge in [-0.15, -0.1) is 0 Å². The maximum atomic E-state index is 13.2. The van der Waals surface area contributed by atoms with Gasteiger partial charge >= 0.3 is 5.97 Å². The van der Waals surface area contributed by atoms with Crippen molar-refractivity contribution in [3.8, 4) is 0 Å². The molecule has 0 unspecified atom stereocenters. The van der Waals surface area contributed by atoms with E-state index in [-0.39, 0.29) is 16.9 Å². The van der Waals surface area contributed by atoms with Crippen molar-refractivity contribution in [1.82, 2.24) is 0 Å². The summed E-state index contributed by atoms with van der Waals surface area (Å²) in [5, 5.41) is 11.9. The molecule has 94 valence electrons. The molecule has 0 amide bonds. The maximum absolute atomic E-state index is 13.2. The molecule has 0 bridgehead atoms. The fourth-order valence-electron chi connectivity index (χ4n) is 1.56. The first-order valence-electron chi connectivity index (χ1n) is 5.16. The van der Waals surface area contributed by atoms with Crippen LogP contribution in [-0.4, -0.2) is 11.1 Å². The van der Waals surface area contributed by atoms with Crippen LogP contribution in [0.3, 0.4) is 0 Å². The van der Waals surface area contributed by atoms with E-state index in [1.165, 1.54) is 18.6 Å². The molecular formula is C12H11FN2O3. The van der Waals surface area contributed by atoms with Gasteiger partial charge < -0.3 is 20.6 Å². The van der Waals surface area contributed by atoms with Gasteiger partial charge in [0.2, 0.25) is 0 Å². The van der Waals surface area contributed by atoms with Crippen LogP contribution in [0.4, 0.5) is 15.8 Å². The number of nitrogen functional groups attached to an aromatic ring is 1. The lowest BCUT2D eigenvalue weighted by Gasteiger charge is -2.11. The smallest absolute Gasteiger partial charge is 0.340 e. The van der Waals surface area contributed by atoms with Crippen LogP contribution in [0.2, 0.25) is 0 Å². The van der Waals surface area contributed by atoms with Crippen molar-refractivity contribution < 1.29 is 18.7 Å². The Kier molecular flexibility index (Phi) is 3.18. The molecule has 0 aliphatic heterocycles. The lowest BCUT2D eigenvalue weighted by atomic mass is 10.1. The summed E-state index contributed by atoms with van der Waals surface area (Å²) < 4.78 is 18.1. The number of anilines is 2. The number of hydrogen-bond donors (Lipinski definition) is 3. The number of aromatic carboxylic acids is 1. The first-order valence-corrected chi connectivity index (χ1v) is 5.16. The fraction of sp³-hybridized carbons (Fsp3) is 0.0833. The van der Waals surface area contributed by atoms with Gasteiger partial charge in [0.25, 0.3) is 0 Å². The topological polar surface area (TPSA) is 88.5 Å². The summed E-state index contributed by atoms with van der Waals surface area (Å²) in [4.78, 5) is 11.1. The Morgan fingerprint density at radius 2 is 2.22 bits per heavy atom. The quantitative estimate of drug-likeness (QED) is 0.724. The number of rotatable bonds is 4. The molecule has 2 aromatic rings. The summed E-state index contributed by atoms with van der Waals surface area (Å²) in [5.74, 6) is -2.03. The first-order chi connectivity index (χ1) is 8.59. The molecular weight excluding hydrogens is 239 g/mol. The molecule has 0 atom stereocenters. The predicted molar refractivity (Wildman–Crippen MR) is 63.8 cm³/mol. The summed E-state index contributed by atoms with van der Waals surface area (Å²) >= 11 is 0. The predicted octanol–water partition coefficient (Wildman–Crippen LogP) is 2.31. The number of nitrogens with two attached hydrogens (primary N) is 1. The molecule has 1 aromatic carbocycles. The van der Waals surface area contributed by atoms with Crippen LogP contribution in [0.15, 0.2) is 35.1 Å². The van der Waals surface area contributed by atoms with E-state index < -0.39 is 11.8 Å². The van der Waals surface area contributed by atoms with Crippen molar-refractivity contribution in [2.24, 2.45) is 0 Å². The Hall–Kier alpha value is -2.50. The average molecular weight is 250 g/mol. The summed E-state index contributed by atoms with van der Waals surface area (Å²) in [7, 11) is 0. The molecule has 5 nitrogen and oxygen atoms in total. The summed E-state index contributed by atoms with van der Waals surface area (Å²) in [6.45, 7) is 0.363. The van der Waals surface area contributed by atoms with Gasteiger partial charge in [0.1, 0.15) is 11.4 Å². The standard InChI is InChI=1S/C12H11FN2O3/c13-8-1-2-9(10(11(8)14)12(16)17)15-5-7-3-4-18-6-7/h1-4,6,15H,5,14H2,(H,16,17). The molecule has 0 aliphatic rings. The van der Waals surface area contributed by atoms with Crippen LogP contribution in [0.5, 0.6) is 0 Å². The molecule has 0 aliphatic carbocycles. The number of hydrogen-bond acceptors (Lipinski definition) is 4. The largest absolute Gasteiger partial charge is 0.478 e. The van der Waals surface area contributed by atoms with E-state index in [1.54, 1.807) is 6.07 Å². The van der Waals surface area contributed by atoms with Gasteiger partial charge in [-0.2, -0.15) is 0 Å². The third-order valence-corrected chi connectivity index (χ3v) is 2.47. The van der Waals surface area contributed by atoms with Crippen molar-refractivity contribution >= 4 is 17.3 Å². The van der Waals surface area contributed by atoms with Crippen molar-refractivity contribution in [2.45, 2.75) is 6.54 Å². The van der Waals surface area contributed by atoms with Crippen LogP contribution in [0.1, 0.15) is 15.9 Å². The minimum absolute atomic E-state index is 0.265. The van der Waals surface area contributed by atoms with Crippen LogP contribution >= 0.6 is 0 Å². The number of carboxylic acid groups (broad SMARTS) is 1. The van der Waals surface area contributed by atoms with Crippen molar-refractivity contribution in [3.63, 3.8) is 0 Å². The third kappa shape index (κ3) is 2.27. The molecule has 0 radical (unpaired) electrons. The SMILES string of the molecule is Nc1c(F)ccc(NCc2ccoc2)c1C(=O)O. The van der Waals surface area contributed by atoms with Gasteiger partial charge in [-0.3, -0.25) is 0 Å². The Labute approximate surface area is 102 Å². The second-order valence-electron chi connectivity index (χ2n) is 3.67. The zero-order chi connectivity index (χ0) is 13.1. The molecule has 0 saturated heterocycles. The van der Waals surface area contributed by atoms with Gasteiger partial charge in [0.05, 0.1) is 23.9 Å². The van der Waals surface area contributed by atoms with Gasteiger partial charge in [-0.1, -0.05) is 0 Å². The highest BCUT2D eigenvalue weighted by molar-refractivity contribution is 6.00. The van der Waals surface area contributed by atoms with Gasteiger partial charge in [0, 0.05) is 12.1 Å². The van der Waals surface area contributed by atoms with E-state index in [4.69, 9.17) is 15.3 Å². The van der Waals surface area contributed by atoms with E-state index in [9.17, 15) is 9.18 Å². The molecule has 0 saturated carbocycles. The van der Waals surface area contributed by atoms with Gasteiger partial charge in [0.15, 0.2) is 0 Å². The number of furan rings is 1. The van der Waals surface area contributed by atoms with Crippen molar-refractivity contribution in [3.05, 3.63) is 47.7 Å². The molecule has 1 aromatic heterocycles. The number of nitrogens with one attached hydrogen (secondary N) is 1. The summed E-state index contributed by atoms with van der Waals surface area (Å²) in [6, 6.07) is 4.20. The minimum atomic E-state index is -1.28. The van der Waals surface area contributed by atoms with Crippen LogP contribution < -0.4 is 11.1 Å². The lowest BCUT2D eigenvalue weighted by Crippen LogP contribution is -2.10. The lowest BCUT2D eigenvalue weighted by molar-refractivity contribution is 0.0698. The minimum Gasteiger partial charge on any atom is -0.478 e. The highest BCUT2D eigenvalue weighted by atomic mass is 19.1. The Bertz CT molecular complexity index is 567. The molecule has 0 fully saturated rings. The highest BCUT2D eigenvalue weighted by Crippen LogP contribution is 2.25. The third-order valence-electron chi connectivity index (χ3n) is 2.47. The Morgan fingerprint density at radius 3 is 2.83 bits per heavy atom. The van der Waals surface area contributed by atoms with E-state index in [0.29, 0.717) is 6.54 Å². The Balaban J connectivity index is 2.27. The number of halogens is 1. The monoisotopic (exact) mass is 250 g/mol. The van der Waals surface area contributed by atoms with E-state index in [1.807, 2.05) is 0 Å².